The van der Waals surface area contributed by atoms with Crippen LogP contribution in [0.4, 0.5) is 17.6 Å². The van der Waals surface area contributed by atoms with Crippen molar-refractivity contribution in [3.63, 3.8) is 0 Å². The van der Waals surface area contributed by atoms with Crippen molar-refractivity contribution in [2.75, 3.05) is 13.7 Å². The van der Waals surface area contributed by atoms with Crippen LogP contribution in [0.2, 0.25) is 0 Å². The number of carbonyl (C=O) groups is 3. The Morgan fingerprint density at radius 2 is 1.72 bits per heavy atom. The van der Waals surface area contributed by atoms with E-state index in [1.165, 1.54) is 45.2 Å². The van der Waals surface area contributed by atoms with E-state index in [1.54, 1.807) is 0 Å². The molecular formula is C30H39F4N5O4. The van der Waals surface area contributed by atoms with Gasteiger partial charge in [-0.3, -0.25) is 19.4 Å². The number of pyridine rings is 1. The molecule has 13 heteroatoms. The van der Waals surface area contributed by atoms with Gasteiger partial charge < -0.3 is 20.3 Å². The topological polar surface area (TPSA) is 124 Å². The molecule has 43 heavy (non-hydrogen) atoms. The normalized spacial score (nSPS) is 28.1. The lowest BCUT2D eigenvalue weighted by Crippen LogP contribution is -2.60. The van der Waals surface area contributed by atoms with Crippen LogP contribution in [0.25, 0.3) is 0 Å². The van der Waals surface area contributed by atoms with Crippen molar-refractivity contribution in [1.82, 2.24) is 20.5 Å². The number of hydrogen-bond donors (Lipinski definition) is 2. The summed E-state index contributed by atoms with van der Waals surface area (Å²) in [4.78, 5) is 45.4. The zero-order valence-corrected chi connectivity index (χ0v) is 25.4. The molecule has 2 saturated carbocycles. The fraction of sp³-hybridized carbons (Fsp3) is 0.700. The first-order chi connectivity index (χ1) is 19.8. The summed E-state index contributed by atoms with van der Waals surface area (Å²) in [6, 6.07) is -1.99. The van der Waals surface area contributed by atoms with Crippen molar-refractivity contribution in [3.8, 4) is 11.8 Å². The quantitative estimate of drug-likeness (QED) is 0.471. The maximum Gasteiger partial charge on any atom is 0.471 e. The molecule has 1 saturated heterocycles. The van der Waals surface area contributed by atoms with Gasteiger partial charge in [-0.2, -0.15) is 18.4 Å². The lowest BCUT2D eigenvalue weighted by atomic mass is 9.77. The van der Waals surface area contributed by atoms with Crippen molar-refractivity contribution < 1.29 is 36.7 Å². The summed E-state index contributed by atoms with van der Waals surface area (Å²) in [5.41, 5.74) is -0.648. The van der Waals surface area contributed by atoms with Crippen LogP contribution in [-0.2, 0) is 19.8 Å². The summed E-state index contributed by atoms with van der Waals surface area (Å²) < 4.78 is 60.2. The van der Waals surface area contributed by atoms with E-state index in [1.807, 2.05) is 26.1 Å². The Morgan fingerprint density at radius 1 is 1.07 bits per heavy atom. The fourth-order valence-electron chi connectivity index (χ4n) is 7.34. The Balaban J connectivity index is 1.72. The Bertz CT molecular complexity index is 1320. The Kier molecular flexibility index (Phi) is 8.50. The van der Waals surface area contributed by atoms with Crippen LogP contribution in [0.1, 0.15) is 71.6 Å². The highest BCUT2D eigenvalue weighted by molar-refractivity contribution is 5.94. The molecular weight excluding hydrogens is 570 g/mol. The highest BCUT2D eigenvalue weighted by atomic mass is 19.4. The average Bonchev–Trinajstić information content (AvgIpc) is 3.57. The molecule has 0 radical (unpaired) electrons. The molecule has 2 heterocycles. The van der Waals surface area contributed by atoms with Gasteiger partial charge in [-0.25, -0.2) is 4.39 Å². The van der Waals surface area contributed by atoms with Gasteiger partial charge in [0.05, 0.1) is 19.4 Å². The fourth-order valence-corrected chi connectivity index (χ4v) is 7.34. The second-order valence-electron chi connectivity index (χ2n) is 14.0. The number of likely N-dealkylation sites (tertiary alicyclic amines) is 1. The number of nitriles is 1. The van der Waals surface area contributed by atoms with E-state index in [0.29, 0.717) is 29.7 Å². The lowest BCUT2D eigenvalue weighted by Gasteiger charge is -2.37. The summed E-state index contributed by atoms with van der Waals surface area (Å²) in [6.07, 6.45) is -2.61. The van der Waals surface area contributed by atoms with E-state index in [9.17, 15) is 32.8 Å². The van der Waals surface area contributed by atoms with Gasteiger partial charge in [0.15, 0.2) is 0 Å². The van der Waals surface area contributed by atoms with E-state index in [2.05, 4.69) is 16.4 Å². The molecule has 236 valence electrons. The van der Waals surface area contributed by atoms with Crippen LogP contribution < -0.4 is 15.4 Å². The second-order valence-corrected chi connectivity index (χ2v) is 14.0. The third-order valence-electron chi connectivity index (χ3n) is 9.10. The van der Waals surface area contributed by atoms with Crippen molar-refractivity contribution in [1.29, 1.82) is 5.26 Å². The average molecular weight is 610 g/mol. The molecule has 0 aromatic carbocycles. The number of amides is 3. The molecule has 4 rings (SSSR count). The van der Waals surface area contributed by atoms with Crippen molar-refractivity contribution in [2.45, 2.75) is 90.3 Å². The Labute approximate surface area is 248 Å². The SMILES string of the molecule is COc1cncc(C(C#N)NC(=O)C2C3C4CC(CC4F)C3CN2C(=O)C(NC(=O)C(F)(F)F)C(C)(C)C)c1C(C)(C)C. The number of halogens is 4. The molecule has 1 aliphatic heterocycles. The number of alkyl halides is 4. The molecule has 2 N–H and O–H groups in total. The van der Waals surface area contributed by atoms with Crippen LogP contribution in [-0.4, -0.2) is 65.7 Å². The molecule has 1 aromatic heterocycles. The van der Waals surface area contributed by atoms with Crippen molar-refractivity contribution in [3.05, 3.63) is 23.5 Å². The summed E-state index contributed by atoms with van der Waals surface area (Å²) in [5.74, 6) is -4.84. The monoisotopic (exact) mass is 609 g/mol. The molecule has 8 atom stereocenters. The number of carbonyl (C=O) groups excluding carboxylic acids is 3. The van der Waals surface area contributed by atoms with Crippen LogP contribution in [0.5, 0.6) is 5.75 Å². The molecule has 3 fully saturated rings. The standard InChI is InChI=1S/C30H39F4N5O4/c1-28(2,3)22-16(11-36-12-20(22)43-7)19(10-35)37-25(40)23-21-15-8-14(9-18(15)31)17(21)13-39(23)26(41)24(29(4,5)6)38-27(42)30(32,33)34/h11-12,14-15,17-19,21,23-24H,8-9,13H2,1-7H3,(H,37,40)(H,38,42). The summed E-state index contributed by atoms with van der Waals surface area (Å²) in [7, 11) is 1.46. The molecule has 9 nitrogen and oxygen atoms in total. The molecule has 1 aromatic rings. The first-order valence-electron chi connectivity index (χ1n) is 14.4. The van der Waals surface area contributed by atoms with Crippen LogP contribution >= 0.6 is 0 Å². The number of fused-ring (bicyclic) bond motifs is 5. The van der Waals surface area contributed by atoms with Gasteiger partial charge >= 0.3 is 12.1 Å². The van der Waals surface area contributed by atoms with Crippen LogP contribution in [0, 0.1) is 40.4 Å². The highest BCUT2D eigenvalue weighted by Gasteiger charge is 2.63. The van der Waals surface area contributed by atoms with E-state index >= 15 is 4.39 Å². The summed E-state index contributed by atoms with van der Waals surface area (Å²) in [5, 5.41) is 14.7. The zero-order chi connectivity index (χ0) is 32.2. The Hall–Kier alpha value is -3.43. The van der Waals surface area contributed by atoms with Crippen molar-refractivity contribution in [2.24, 2.45) is 29.1 Å². The number of methoxy groups -OCH3 is 1. The molecule has 0 spiro atoms. The summed E-state index contributed by atoms with van der Waals surface area (Å²) in [6.45, 7) is 10.3. The third kappa shape index (κ3) is 6.02. The summed E-state index contributed by atoms with van der Waals surface area (Å²) >= 11 is 0. The minimum Gasteiger partial charge on any atom is -0.495 e. The predicted octanol–water partition coefficient (Wildman–Crippen LogP) is 3.98. The number of rotatable bonds is 6. The minimum absolute atomic E-state index is 0.0368. The highest BCUT2D eigenvalue weighted by Crippen LogP contribution is 2.58. The molecule has 3 amide bonds. The molecule has 2 bridgehead atoms. The van der Waals surface area contributed by atoms with E-state index in [4.69, 9.17) is 4.74 Å². The first kappa shape index (κ1) is 32.5. The zero-order valence-electron chi connectivity index (χ0n) is 25.4. The molecule has 3 aliphatic rings. The van der Waals surface area contributed by atoms with Gasteiger partial charge in [-0.1, -0.05) is 41.5 Å². The van der Waals surface area contributed by atoms with Crippen LogP contribution in [0.3, 0.4) is 0 Å². The first-order valence-corrected chi connectivity index (χ1v) is 14.4. The smallest absolute Gasteiger partial charge is 0.471 e. The number of hydrogen-bond acceptors (Lipinski definition) is 6. The number of nitrogens with zero attached hydrogens (tertiary/aromatic N) is 3. The predicted molar refractivity (Wildman–Crippen MR) is 147 cm³/mol. The number of ether oxygens (including phenoxy) is 1. The largest absolute Gasteiger partial charge is 0.495 e. The third-order valence-corrected chi connectivity index (χ3v) is 9.10. The van der Waals surface area contributed by atoms with Gasteiger partial charge in [-0.05, 0) is 47.3 Å². The second kappa shape index (κ2) is 11.2. The molecule has 2 aliphatic carbocycles. The van der Waals surface area contributed by atoms with E-state index < -0.39 is 70.9 Å². The number of nitrogens with one attached hydrogen (secondary N) is 2. The maximum absolute atomic E-state index is 15.0. The Morgan fingerprint density at radius 3 is 2.26 bits per heavy atom. The van der Waals surface area contributed by atoms with Gasteiger partial charge in [0, 0.05) is 23.9 Å². The van der Waals surface area contributed by atoms with Gasteiger partial charge in [0.25, 0.3) is 0 Å². The lowest BCUT2D eigenvalue weighted by molar-refractivity contribution is -0.176. The maximum atomic E-state index is 15.0. The molecule has 8 unspecified atom stereocenters. The van der Waals surface area contributed by atoms with Gasteiger partial charge in [-0.15, -0.1) is 0 Å². The number of aromatic nitrogens is 1. The van der Waals surface area contributed by atoms with E-state index in [0.717, 1.165) is 0 Å². The van der Waals surface area contributed by atoms with E-state index in [-0.39, 0.29) is 18.4 Å². The van der Waals surface area contributed by atoms with Crippen LogP contribution in [0.15, 0.2) is 12.4 Å². The minimum atomic E-state index is -5.22. The van der Waals surface area contributed by atoms with Gasteiger partial charge in [0.2, 0.25) is 11.8 Å². The van der Waals surface area contributed by atoms with Crippen molar-refractivity contribution >= 4 is 17.7 Å². The van der Waals surface area contributed by atoms with Gasteiger partial charge in [0.1, 0.15) is 30.0 Å².